The Bertz CT molecular complexity index is 581. The molecule has 0 saturated carbocycles. The Morgan fingerprint density at radius 3 is 2.94 bits per heavy atom. The van der Waals surface area contributed by atoms with Crippen LogP contribution in [-0.2, 0) is 13.0 Å². The molecule has 0 unspecified atom stereocenters. The van der Waals surface area contributed by atoms with Gasteiger partial charge in [0, 0.05) is 19.5 Å². The molecule has 3 aromatic rings. The first-order valence-electron chi connectivity index (χ1n) is 5.98. The van der Waals surface area contributed by atoms with Crippen molar-refractivity contribution in [3.8, 4) is 0 Å². The number of thiophene rings is 1. The maximum absolute atomic E-state index is 4.63. The summed E-state index contributed by atoms with van der Waals surface area (Å²) in [5, 5.41) is 8.97. The summed E-state index contributed by atoms with van der Waals surface area (Å²) in [5.41, 5.74) is 2.49. The number of hydrogen-bond acceptors (Lipinski definition) is 4. The Kier molecular flexibility index (Phi) is 3.69. The minimum absolute atomic E-state index is 0.953. The molecular weight excluding hydrogens is 260 g/mol. The van der Waals surface area contributed by atoms with E-state index in [9.17, 15) is 0 Å². The molecule has 3 rings (SSSR count). The lowest BCUT2D eigenvalue weighted by molar-refractivity contribution is 0.687. The topological polar surface area (TPSA) is 24.9 Å². The first kappa shape index (κ1) is 11.8. The summed E-state index contributed by atoms with van der Waals surface area (Å²) in [6.07, 6.45) is 1.00. The molecule has 2 nitrogen and oxygen atoms in total. The van der Waals surface area contributed by atoms with Gasteiger partial charge < -0.3 is 5.32 Å². The van der Waals surface area contributed by atoms with E-state index in [0.29, 0.717) is 0 Å². The highest BCUT2D eigenvalue weighted by Crippen LogP contribution is 2.21. The molecule has 1 aromatic carbocycles. The fraction of sp³-hybridized carbons (Fsp3) is 0.214. The van der Waals surface area contributed by atoms with Gasteiger partial charge in [-0.2, -0.15) is 11.3 Å². The van der Waals surface area contributed by atoms with Gasteiger partial charge in [-0.05, 0) is 34.5 Å². The number of nitrogens with zero attached hydrogens (tertiary/aromatic N) is 1. The predicted octanol–water partition coefficient (Wildman–Crippen LogP) is 3.69. The molecule has 0 bridgehead atoms. The van der Waals surface area contributed by atoms with Crippen molar-refractivity contribution in [3.05, 3.63) is 51.7 Å². The molecule has 2 aromatic heterocycles. The minimum Gasteiger partial charge on any atom is -0.312 e. The zero-order valence-corrected chi connectivity index (χ0v) is 11.6. The zero-order chi connectivity index (χ0) is 12.2. The van der Waals surface area contributed by atoms with E-state index in [2.05, 4.69) is 45.3 Å². The number of thiazole rings is 1. The Balaban J connectivity index is 1.53. The van der Waals surface area contributed by atoms with Crippen molar-refractivity contribution in [3.63, 3.8) is 0 Å². The van der Waals surface area contributed by atoms with Crippen molar-refractivity contribution < 1.29 is 0 Å². The van der Waals surface area contributed by atoms with Crippen LogP contribution >= 0.6 is 22.7 Å². The van der Waals surface area contributed by atoms with E-state index in [1.165, 1.54) is 15.3 Å². The van der Waals surface area contributed by atoms with Crippen LogP contribution in [0.2, 0.25) is 0 Å². The van der Waals surface area contributed by atoms with E-state index in [-0.39, 0.29) is 0 Å². The molecule has 0 amide bonds. The lowest BCUT2D eigenvalue weighted by Crippen LogP contribution is -2.16. The van der Waals surface area contributed by atoms with Crippen LogP contribution in [0.25, 0.3) is 10.2 Å². The van der Waals surface area contributed by atoms with Crippen molar-refractivity contribution >= 4 is 32.9 Å². The predicted molar refractivity (Wildman–Crippen MR) is 79.3 cm³/mol. The van der Waals surface area contributed by atoms with Crippen LogP contribution in [0.3, 0.4) is 0 Å². The van der Waals surface area contributed by atoms with Gasteiger partial charge in [0.1, 0.15) is 0 Å². The highest BCUT2D eigenvalue weighted by atomic mass is 32.1. The van der Waals surface area contributed by atoms with E-state index in [4.69, 9.17) is 0 Å². The molecule has 0 fully saturated rings. The SMILES string of the molecule is c1ccc2sc(CCNCc3ccsc3)nc2c1. The molecule has 0 aliphatic carbocycles. The summed E-state index contributed by atoms with van der Waals surface area (Å²) >= 11 is 3.54. The average Bonchev–Trinajstić information content (AvgIpc) is 3.03. The first-order valence-corrected chi connectivity index (χ1v) is 7.74. The van der Waals surface area contributed by atoms with Crippen molar-refractivity contribution in [2.45, 2.75) is 13.0 Å². The van der Waals surface area contributed by atoms with Gasteiger partial charge in [0.2, 0.25) is 0 Å². The quantitative estimate of drug-likeness (QED) is 0.718. The van der Waals surface area contributed by atoms with E-state index in [1.807, 2.05) is 6.07 Å². The molecule has 92 valence electrons. The van der Waals surface area contributed by atoms with E-state index in [1.54, 1.807) is 22.7 Å². The minimum atomic E-state index is 0.953. The van der Waals surface area contributed by atoms with Crippen LogP contribution in [0.4, 0.5) is 0 Å². The van der Waals surface area contributed by atoms with E-state index < -0.39 is 0 Å². The zero-order valence-electron chi connectivity index (χ0n) is 9.93. The van der Waals surface area contributed by atoms with Crippen molar-refractivity contribution in [1.82, 2.24) is 10.3 Å². The molecule has 0 aliphatic heterocycles. The molecular formula is C14H14N2S2. The summed E-state index contributed by atoms with van der Waals surface area (Å²) in [6, 6.07) is 10.5. The second kappa shape index (κ2) is 5.61. The lowest BCUT2D eigenvalue weighted by Gasteiger charge is -2.00. The van der Waals surface area contributed by atoms with Gasteiger partial charge in [0.15, 0.2) is 0 Å². The smallest absolute Gasteiger partial charge is 0.0951 e. The van der Waals surface area contributed by atoms with Crippen molar-refractivity contribution in [2.24, 2.45) is 0 Å². The summed E-state index contributed by atoms with van der Waals surface area (Å²) in [7, 11) is 0. The highest BCUT2D eigenvalue weighted by Gasteiger charge is 2.02. The largest absolute Gasteiger partial charge is 0.312 e. The fourth-order valence-electron chi connectivity index (χ4n) is 1.85. The number of benzene rings is 1. The third-order valence-corrected chi connectivity index (χ3v) is 4.59. The van der Waals surface area contributed by atoms with Gasteiger partial charge in [0.25, 0.3) is 0 Å². The number of aromatic nitrogens is 1. The monoisotopic (exact) mass is 274 g/mol. The van der Waals surface area contributed by atoms with E-state index in [0.717, 1.165) is 25.0 Å². The molecule has 18 heavy (non-hydrogen) atoms. The molecule has 0 atom stereocenters. The van der Waals surface area contributed by atoms with Crippen LogP contribution in [0.15, 0.2) is 41.1 Å². The maximum atomic E-state index is 4.63. The molecule has 0 saturated heterocycles. The summed E-state index contributed by atoms with van der Waals surface area (Å²) < 4.78 is 1.28. The normalized spacial score (nSPS) is 11.1. The molecule has 1 N–H and O–H groups in total. The number of para-hydroxylation sites is 1. The fourth-order valence-corrected chi connectivity index (χ4v) is 3.48. The summed E-state index contributed by atoms with van der Waals surface area (Å²) in [6.45, 7) is 1.93. The van der Waals surface area contributed by atoms with Crippen molar-refractivity contribution in [2.75, 3.05) is 6.54 Å². The van der Waals surface area contributed by atoms with Crippen LogP contribution in [-0.4, -0.2) is 11.5 Å². The van der Waals surface area contributed by atoms with Crippen molar-refractivity contribution in [1.29, 1.82) is 0 Å². The van der Waals surface area contributed by atoms with E-state index >= 15 is 0 Å². The second-order valence-corrected chi connectivity index (χ2v) is 6.03. The number of fused-ring (bicyclic) bond motifs is 1. The number of nitrogens with one attached hydrogen (secondary N) is 1. The Morgan fingerprint density at radius 1 is 1.17 bits per heavy atom. The van der Waals surface area contributed by atoms with Crippen LogP contribution in [0.1, 0.15) is 10.6 Å². The Morgan fingerprint density at radius 2 is 2.11 bits per heavy atom. The molecule has 0 radical (unpaired) electrons. The van der Waals surface area contributed by atoms with Gasteiger partial charge in [-0.15, -0.1) is 11.3 Å². The Labute approximate surface area is 114 Å². The van der Waals surface area contributed by atoms with Gasteiger partial charge in [-0.1, -0.05) is 12.1 Å². The van der Waals surface area contributed by atoms with Gasteiger partial charge >= 0.3 is 0 Å². The summed E-state index contributed by atoms with van der Waals surface area (Å²) in [4.78, 5) is 4.63. The molecule has 2 heterocycles. The standard InChI is InChI=1S/C14H14N2S2/c1-2-4-13-12(3-1)16-14(18-13)5-7-15-9-11-6-8-17-10-11/h1-4,6,8,10,15H,5,7,9H2. The summed E-state index contributed by atoms with van der Waals surface area (Å²) in [5.74, 6) is 0. The second-order valence-electron chi connectivity index (χ2n) is 4.13. The van der Waals surface area contributed by atoms with Gasteiger partial charge in [-0.3, -0.25) is 0 Å². The number of hydrogen-bond donors (Lipinski definition) is 1. The van der Waals surface area contributed by atoms with Crippen LogP contribution in [0.5, 0.6) is 0 Å². The molecule has 4 heteroatoms. The van der Waals surface area contributed by atoms with Crippen LogP contribution in [0, 0.1) is 0 Å². The Hall–Kier alpha value is -1.23. The maximum Gasteiger partial charge on any atom is 0.0951 e. The van der Waals surface area contributed by atoms with Crippen LogP contribution < -0.4 is 5.32 Å². The van der Waals surface area contributed by atoms with Gasteiger partial charge in [-0.25, -0.2) is 4.98 Å². The lowest BCUT2D eigenvalue weighted by atomic mass is 10.3. The molecule has 0 aliphatic rings. The highest BCUT2D eigenvalue weighted by molar-refractivity contribution is 7.18. The first-order chi connectivity index (χ1) is 8.92. The molecule has 0 spiro atoms. The van der Waals surface area contributed by atoms with Gasteiger partial charge in [0.05, 0.1) is 15.2 Å². The third kappa shape index (κ3) is 2.77. The third-order valence-electron chi connectivity index (χ3n) is 2.76. The number of rotatable bonds is 5. The average molecular weight is 274 g/mol.